The van der Waals surface area contributed by atoms with Gasteiger partial charge in [-0.3, -0.25) is 0 Å². The SMILES string of the molecule is CC(C)(C)OC(=C=O)C1CCCCC1. The van der Waals surface area contributed by atoms with Crippen LogP contribution in [-0.2, 0) is 9.53 Å². The topological polar surface area (TPSA) is 26.3 Å². The summed E-state index contributed by atoms with van der Waals surface area (Å²) in [5.41, 5.74) is -0.274. The molecule has 0 aromatic heterocycles. The summed E-state index contributed by atoms with van der Waals surface area (Å²) in [6.07, 6.45) is 5.88. The Labute approximate surface area is 86.3 Å². The van der Waals surface area contributed by atoms with E-state index in [2.05, 4.69) is 0 Å². The number of hydrogen-bond donors (Lipinski definition) is 0. The molecular formula is C12H20O2. The molecule has 0 radical (unpaired) electrons. The van der Waals surface area contributed by atoms with E-state index in [-0.39, 0.29) is 5.60 Å². The zero-order valence-corrected chi connectivity index (χ0v) is 9.43. The molecule has 1 rings (SSSR count). The first-order chi connectivity index (χ1) is 6.53. The molecule has 0 bridgehead atoms. The van der Waals surface area contributed by atoms with Crippen LogP contribution >= 0.6 is 0 Å². The van der Waals surface area contributed by atoms with Crippen molar-refractivity contribution in [2.75, 3.05) is 0 Å². The highest BCUT2D eigenvalue weighted by Gasteiger charge is 2.24. The van der Waals surface area contributed by atoms with E-state index in [4.69, 9.17) is 4.74 Å². The molecular weight excluding hydrogens is 176 g/mol. The second kappa shape index (κ2) is 4.65. The summed E-state index contributed by atoms with van der Waals surface area (Å²) in [6, 6.07) is 0. The fraction of sp³-hybridized carbons (Fsp3) is 0.833. The molecule has 14 heavy (non-hydrogen) atoms. The van der Waals surface area contributed by atoms with Crippen LogP contribution in [0.15, 0.2) is 5.76 Å². The van der Waals surface area contributed by atoms with Crippen LogP contribution in [0.3, 0.4) is 0 Å². The normalized spacial score (nSPS) is 18.8. The largest absolute Gasteiger partial charge is 0.481 e. The molecule has 0 aromatic rings. The van der Waals surface area contributed by atoms with Gasteiger partial charge in [-0.15, -0.1) is 0 Å². The highest BCUT2D eigenvalue weighted by atomic mass is 16.5. The third-order valence-corrected chi connectivity index (χ3v) is 2.49. The minimum absolute atomic E-state index is 0.274. The van der Waals surface area contributed by atoms with Crippen LogP contribution in [0.1, 0.15) is 52.9 Å². The third kappa shape index (κ3) is 3.55. The van der Waals surface area contributed by atoms with E-state index in [1.165, 1.54) is 19.3 Å². The maximum absolute atomic E-state index is 10.8. The van der Waals surface area contributed by atoms with Crippen LogP contribution in [0, 0.1) is 5.92 Å². The summed E-state index contributed by atoms with van der Waals surface area (Å²) in [4.78, 5) is 10.8. The van der Waals surface area contributed by atoms with Crippen molar-refractivity contribution in [1.29, 1.82) is 0 Å². The Kier molecular flexibility index (Phi) is 3.77. The average molecular weight is 196 g/mol. The van der Waals surface area contributed by atoms with E-state index >= 15 is 0 Å². The van der Waals surface area contributed by atoms with E-state index in [0.717, 1.165) is 12.8 Å². The molecule has 1 aliphatic rings. The predicted molar refractivity (Wildman–Crippen MR) is 56.6 cm³/mol. The molecule has 0 saturated heterocycles. The molecule has 0 aliphatic heterocycles. The molecule has 0 unspecified atom stereocenters. The quantitative estimate of drug-likeness (QED) is 0.501. The maximum atomic E-state index is 10.8. The second-order valence-electron chi connectivity index (χ2n) is 5.02. The van der Waals surface area contributed by atoms with Crippen molar-refractivity contribution in [3.8, 4) is 0 Å². The summed E-state index contributed by atoms with van der Waals surface area (Å²) >= 11 is 0. The molecule has 0 amide bonds. The van der Waals surface area contributed by atoms with Gasteiger partial charge < -0.3 is 4.74 Å². The molecule has 1 fully saturated rings. The Morgan fingerprint density at radius 2 is 1.79 bits per heavy atom. The lowest BCUT2D eigenvalue weighted by molar-refractivity contribution is 0.0315. The average Bonchev–Trinajstić information content (AvgIpc) is 2.14. The standard InChI is InChI=1S/C12H20O2/c1-12(2,3)14-11(9-13)10-7-5-4-6-8-10/h10H,4-8H2,1-3H3. The van der Waals surface area contributed by atoms with Gasteiger partial charge in [0.05, 0.1) is 0 Å². The highest BCUT2D eigenvalue weighted by Crippen LogP contribution is 2.31. The highest BCUT2D eigenvalue weighted by molar-refractivity contribution is 5.50. The zero-order chi connectivity index (χ0) is 10.6. The Bertz CT molecular complexity index is 225. The molecule has 0 spiro atoms. The van der Waals surface area contributed by atoms with E-state index in [1.807, 2.05) is 26.7 Å². The molecule has 0 heterocycles. The van der Waals surface area contributed by atoms with Gasteiger partial charge in [-0.05, 0) is 33.6 Å². The Morgan fingerprint density at radius 1 is 1.21 bits per heavy atom. The maximum Gasteiger partial charge on any atom is 0.183 e. The van der Waals surface area contributed by atoms with Crippen molar-refractivity contribution in [3.05, 3.63) is 5.76 Å². The molecule has 0 N–H and O–H groups in total. The second-order valence-corrected chi connectivity index (χ2v) is 5.02. The van der Waals surface area contributed by atoms with Crippen LogP contribution in [0.2, 0.25) is 0 Å². The van der Waals surface area contributed by atoms with Crippen LogP contribution in [0.5, 0.6) is 0 Å². The molecule has 1 saturated carbocycles. The number of rotatable bonds is 2. The zero-order valence-electron chi connectivity index (χ0n) is 9.43. The van der Waals surface area contributed by atoms with E-state index < -0.39 is 0 Å². The summed E-state index contributed by atoms with van der Waals surface area (Å²) in [6.45, 7) is 5.90. The Balaban J connectivity index is 2.58. The third-order valence-electron chi connectivity index (χ3n) is 2.49. The fourth-order valence-electron chi connectivity index (χ4n) is 1.88. The van der Waals surface area contributed by atoms with Gasteiger partial charge in [-0.1, -0.05) is 19.3 Å². The van der Waals surface area contributed by atoms with Gasteiger partial charge in [0.15, 0.2) is 11.7 Å². The van der Waals surface area contributed by atoms with Gasteiger partial charge in [0.25, 0.3) is 0 Å². The molecule has 0 atom stereocenters. The Hall–Kier alpha value is -0.750. The van der Waals surface area contributed by atoms with Gasteiger partial charge in [-0.2, -0.15) is 0 Å². The lowest BCUT2D eigenvalue weighted by Gasteiger charge is -2.28. The van der Waals surface area contributed by atoms with E-state index in [0.29, 0.717) is 11.7 Å². The van der Waals surface area contributed by atoms with Crippen molar-refractivity contribution < 1.29 is 9.53 Å². The Morgan fingerprint density at radius 3 is 2.21 bits per heavy atom. The summed E-state index contributed by atoms with van der Waals surface area (Å²) in [5.74, 6) is 2.83. The van der Waals surface area contributed by atoms with Crippen molar-refractivity contribution in [2.45, 2.75) is 58.5 Å². The molecule has 80 valence electrons. The van der Waals surface area contributed by atoms with Gasteiger partial charge in [0.2, 0.25) is 0 Å². The lowest BCUT2D eigenvalue weighted by atomic mass is 9.88. The summed E-state index contributed by atoms with van der Waals surface area (Å²) in [7, 11) is 0. The van der Waals surface area contributed by atoms with Gasteiger partial charge in [0.1, 0.15) is 5.60 Å². The predicted octanol–water partition coefficient (Wildman–Crippen LogP) is 3.10. The van der Waals surface area contributed by atoms with E-state index in [1.54, 1.807) is 0 Å². The smallest absolute Gasteiger partial charge is 0.183 e. The molecule has 1 aliphatic carbocycles. The fourth-order valence-corrected chi connectivity index (χ4v) is 1.88. The van der Waals surface area contributed by atoms with Crippen molar-refractivity contribution in [1.82, 2.24) is 0 Å². The van der Waals surface area contributed by atoms with Crippen molar-refractivity contribution >= 4 is 5.94 Å². The summed E-state index contributed by atoms with van der Waals surface area (Å²) in [5, 5.41) is 0. The van der Waals surface area contributed by atoms with Crippen molar-refractivity contribution in [3.63, 3.8) is 0 Å². The number of ether oxygens (including phenoxy) is 1. The number of carbonyl (C=O) groups excluding carboxylic acids is 1. The molecule has 0 aromatic carbocycles. The molecule has 2 heteroatoms. The lowest BCUT2D eigenvalue weighted by Crippen LogP contribution is -2.23. The van der Waals surface area contributed by atoms with Crippen LogP contribution in [-0.4, -0.2) is 11.5 Å². The minimum Gasteiger partial charge on any atom is -0.481 e. The number of hydrogen-bond acceptors (Lipinski definition) is 2. The first kappa shape index (κ1) is 11.3. The first-order valence-electron chi connectivity index (χ1n) is 5.47. The van der Waals surface area contributed by atoms with E-state index in [9.17, 15) is 4.79 Å². The first-order valence-corrected chi connectivity index (χ1v) is 5.47. The van der Waals surface area contributed by atoms with Crippen LogP contribution < -0.4 is 0 Å². The van der Waals surface area contributed by atoms with Crippen molar-refractivity contribution in [2.24, 2.45) is 5.92 Å². The summed E-state index contributed by atoms with van der Waals surface area (Å²) < 4.78 is 5.62. The van der Waals surface area contributed by atoms with Gasteiger partial charge in [-0.25, -0.2) is 4.79 Å². The minimum atomic E-state index is -0.274. The van der Waals surface area contributed by atoms with Gasteiger partial charge in [0, 0.05) is 5.92 Å². The monoisotopic (exact) mass is 196 g/mol. The molecule has 2 nitrogen and oxygen atoms in total. The van der Waals surface area contributed by atoms with Gasteiger partial charge >= 0.3 is 0 Å². The van der Waals surface area contributed by atoms with Crippen LogP contribution in [0.25, 0.3) is 0 Å². The van der Waals surface area contributed by atoms with Crippen LogP contribution in [0.4, 0.5) is 0 Å². The number of allylic oxidation sites excluding steroid dienone is 1.